The molecule has 2 aromatic heterocycles. The molecule has 3 aromatic rings. The Kier molecular flexibility index (Phi) is 4.47. The number of carbonyl (C=O) groups is 1. The number of rotatable bonds is 4. The van der Waals surface area contributed by atoms with E-state index in [0.717, 1.165) is 23.5 Å². The number of nitrogens with one attached hydrogen (secondary N) is 1. The topological polar surface area (TPSA) is 64.7 Å². The number of amides is 1. The lowest BCUT2D eigenvalue weighted by Gasteiger charge is -2.08. The van der Waals surface area contributed by atoms with Crippen LogP contribution in [0.25, 0.3) is 11.0 Å². The van der Waals surface area contributed by atoms with Crippen molar-refractivity contribution >= 4 is 16.9 Å². The Labute approximate surface area is 147 Å². The first kappa shape index (κ1) is 18.0. The van der Waals surface area contributed by atoms with Crippen molar-refractivity contribution in [2.24, 2.45) is 7.05 Å². The van der Waals surface area contributed by atoms with E-state index in [-0.39, 0.29) is 24.5 Å². The normalized spacial score (nSPS) is 11.9. The first-order valence-corrected chi connectivity index (χ1v) is 7.94. The number of imidazole rings is 2. The summed E-state index contributed by atoms with van der Waals surface area (Å²) >= 11 is 0. The molecule has 0 bridgehead atoms. The van der Waals surface area contributed by atoms with Crippen molar-refractivity contribution in [2.45, 2.75) is 33.1 Å². The molecule has 0 saturated heterocycles. The van der Waals surface area contributed by atoms with Crippen LogP contribution in [0.5, 0.6) is 0 Å². The summed E-state index contributed by atoms with van der Waals surface area (Å²) in [7, 11) is 1.70. The molecule has 1 amide bonds. The highest BCUT2D eigenvalue weighted by Gasteiger charge is 2.31. The quantitative estimate of drug-likeness (QED) is 0.773. The van der Waals surface area contributed by atoms with Crippen molar-refractivity contribution in [1.82, 2.24) is 24.4 Å². The van der Waals surface area contributed by atoms with Crippen LogP contribution >= 0.6 is 0 Å². The Balaban J connectivity index is 1.73. The predicted molar refractivity (Wildman–Crippen MR) is 89.3 cm³/mol. The number of halogens is 3. The van der Waals surface area contributed by atoms with E-state index < -0.39 is 11.7 Å². The maximum atomic E-state index is 12.8. The van der Waals surface area contributed by atoms with E-state index in [4.69, 9.17) is 0 Å². The van der Waals surface area contributed by atoms with Gasteiger partial charge in [0.25, 0.3) is 0 Å². The zero-order valence-electron chi connectivity index (χ0n) is 14.6. The van der Waals surface area contributed by atoms with Gasteiger partial charge in [-0.2, -0.15) is 13.2 Å². The molecule has 0 saturated carbocycles. The summed E-state index contributed by atoms with van der Waals surface area (Å²) in [5, 5.41) is 2.74. The van der Waals surface area contributed by atoms with Gasteiger partial charge in [0.2, 0.25) is 5.91 Å². The maximum absolute atomic E-state index is 12.8. The molecular weight excluding hydrogens is 347 g/mol. The molecule has 6 nitrogen and oxygen atoms in total. The second-order valence-electron chi connectivity index (χ2n) is 6.11. The fraction of sp³-hybridized carbons (Fsp3) is 0.353. The third-order valence-corrected chi connectivity index (χ3v) is 4.40. The molecule has 9 heteroatoms. The number of hydrogen-bond donors (Lipinski definition) is 1. The molecular formula is C17H18F3N5O. The van der Waals surface area contributed by atoms with Gasteiger partial charge in [-0.3, -0.25) is 4.79 Å². The van der Waals surface area contributed by atoms with E-state index >= 15 is 0 Å². The van der Waals surface area contributed by atoms with Gasteiger partial charge in [0.15, 0.2) is 0 Å². The zero-order valence-corrected chi connectivity index (χ0v) is 14.6. The van der Waals surface area contributed by atoms with Crippen LogP contribution in [0.1, 0.15) is 22.8 Å². The number of alkyl halides is 3. The first-order valence-electron chi connectivity index (χ1n) is 7.94. The number of aryl methyl sites for hydroxylation is 2. The van der Waals surface area contributed by atoms with Crippen molar-refractivity contribution in [3.05, 3.63) is 47.3 Å². The van der Waals surface area contributed by atoms with Crippen LogP contribution in [0.2, 0.25) is 0 Å². The van der Waals surface area contributed by atoms with E-state index in [1.807, 2.05) is 13.8 Å². The van der Waals surface area contributed by atoms with Gasteiger partial charge in [-0.1, -0.05) is 0 Å². The molecule has 2 heterocycles. The van der Waals surface area contributed by atoms with Crippen molar-refractivity contribution in [3.63, 3.8) is 0 Å². The lowest BCUT2D eigenvalue weighted by atomic mass is 10.2. The van der Waals surface area contributed by atoms with Gasteiger partial charge < -0.3 is 14.5 Å². The summed E-state index contributed by atoms with van der Waals surface area (Å²) in [6.45, 7) is 3.98. The summed E-state index contributed by atoms with van der Waals surface area (Å²) in [4.78, 5) is 20.5. The largest absolute Gasteiger partial charge is 0.416 e. The number of fused-ring (bicyclic) bond motifs is 1. The van der Waals surface area contributed by atoms with Gasteiger partial charge in [0.1, 0.15) is 12.4 Å². The lowest BCUT2D eigenvalue weighted by Crippen LogP contribution is -2.28. The van der Waals surface area contributed by atoms with Crippen LogP contribution in [0.3, 0.4) is 0 Å². The van der Waals surface area contributed by atoms with E-state index in [2.05, 4.69) is 15.3 Å². The van der Waals surface area contributed by atoms with Crippen LogP contribution in [0, 0.1) is 13.8 Å². The van der Waals surface area contributed by atoms with Gasteiger partial charge in [-0.05, 0) is 32.0 Å². The Morgan fingerprint density at radius 2 is 2.00 bits per heavy atom. The minimum Gasteiger partial charge on any atom is -0.347 e. The van der Waals surface area contributed by atoms with Crippen molar-refractivity contribution in [3.8, 4) is 0 Å². The van der Waals surface area contributed by atoms with Gasteiger partial charge in [0, 0.05) is 12.7 Å². The highest BCUT2D eigenvalue weighted by atomic mass is 19.4. The van der Waals surface area contributed by atoms with Crippen LogP contribution in [-0.4, -0.2) is 25.0 Å². The Morgan fingerprint density at radius 3 is 2.62 bits per heavy atom. The van der Waals surface area contributed by atoms with Crippen molar-refractivity contribution in [1.29, 1.82) is 0 Å². The average molecular weight is 365 g/mol. The summed E-state index contributed by atoms with van der Waals surface area (Å²) in [5.41, 5.74) is 1.83. The molecule has 138 valence electrons. The highest BCUT2D eigenvalue weighted by molar-refractivity contribution is 5.78. The predicted octanol–water partition coefficient (Wildman–Crippen LogP) is 2.72. The molecule has 1 N–H and O–H groups in total. The molecule has 0 aliphatic heterocycles. The second-order valence-corrected chi connectivity index (χ2v) is 6.11. The summed E-state index contributed by atoms with van der Waals surface area (Å²) in [6.07, 6.45) is -2.82. The Morgan fingerprint density at radius 1 is 1.27 bits per heavy atom. The first-order chi connectivity index (χ1) is 12.2. The van der Waals surface area contributed by atoms with E-state index in [0.29, 0.717) is 11.3 Å². The highest BCUT2D eigenvalue weighted by Crippen LogP contribution is 2.31. The SMILES string of the molecule is Cc1ncn(CC(=O)NCc2nc3cc(C(F)(F)F)ccc3n2C)c1C. The molecule has 0 aliphatic rings. The van der Waals surface area contributed by atoms with E-state index in [1.54, 1.807) is 22.5 Å². The maximum Gasteiger partial charge on any atom is 0.416 e. The smallest absolute Gasteiger partial charge is 0.347 e. The second kappa shape index (κ2) is 6.47. The molecule has 1 aromatic carbocycles. The van der Waals surface area contributed by atoms with E-state index in [1.165, 1.54) is 6.07 Å². The van der Waals surface area contributed by atoms with Crippen LogP contribution in [0.15, 0.2) is 24.5 Å². The van der Waals surface area contributed by atoms with Gasteiger partial charge in [-0.15, -0.1) is 0 Å². The zero-order chi connectivity index (χ0) is 19.1. The average Bonchev–Trinajstić information content (AvgIpc) is 3.06. The van der Waals surface area contributed by atoms with Gasteiger partial charge >= 0.3 is 6.18 Å². The Bertz CT molecular complexity index is 971. The van der Waals surface area contributed by atoms with Crippen LogP contribution in [0.4, 0.5) is 13.2 Å². The fourth-order valence-electron chi connectivity index (χ4n) is 2.68. The number of hydrogen-bond acceptors (Lipinski definition) is 3. The minimum absolute atomic E-state index is 0.120. The minimum atomic E-state index is -4.42. The van der Waals surface area contributed by atoms with E-state index in [9.17, 15) is 18.0 Å². The Hall–Kier alpha value is -2.84. The molecule has 0 unspecified atom stereocenters. The number of aromatic nitrogens is 4. The molecule has 0 spiro atoms. The number of carbonyl (C=O) groups excluding carboxylic acids is 1. The van der Waals surface area contributed by atoms with Gasteiger partial charge in [0.05, 0.1) is 35.2 Å². The monoisotopic (exact) mass is 365 g/mol. The number of nitrogens with zero attached hydrogens (tertiary/aromatic N) is 4. The third-order valence-electron chi connectivity index (χ3n) is 4.40. The standard InChI is InChI=1S/C17H18F3N5O/c1-10-11(2)25(9-22-10)8-16(26)21-7-15-23-13-6-12(17(18,19)20)4-5-14(13)24(15)3/h4-6,9H,7-8H2,1-3H3,(H,21,26). The van der Waals surface area contributed by atoms with Crippen molar-refractivity contribution < 1.29 is 18.0 Å². The third kappa shape index (κ3) is 3.42. The molecule has 0 aliphatic carbocycles. The summed E-state index contributed by atoms with van der Waals surface area (Å²) < 4.78 is 41.9. The van der Waals surface area contributed by atoms with Crippen LogP contribution < -0.4 is 5.32 Å². The lowest BCUT2D eigenvalue weighted by molar-refractivity contribution is -0.137. The van der Waals surface area contributed by atoms with Crippen molar-refractivity contribution in [2.75, 3.05) is 0 Å². The molecule has 0 radical (unpaired) electrons. The van der Waals surface area contributed by atoms with Crippen LogP contribution in [-0.2, 0) is 31.1 Å². The van der Waals surface area contributed by atoms with Gasteiger partial charge in [-0.25, -0.2) is 9.97 Å². The number of benzene rings is 1. The molecule has 26 heavy (non-hydrogen) atoms. The molecule has 0 fully saturated rings. The molecule has 0 atom stereocenters. The fourth-order valence-corrected chi connectivity index (χ4v) is 2.68. The summed E-state index contributed by atoms with van der Waals surface area (Å²) in [5.74, 6) is 0.250. The summed E-state index contributed by atoms with van der Waals surface area (Å²) in [6, 6.07) is 3.42. The molecule has 3 rings (SSSR count).